The number of rotatable bonds is 7. The molecule has 0 aliphatic carbocycles. The van der Waals surface area contributed by atoms with Gasteiger partial charge in [-0.05, 0) is 42.7 Å². The summed E-state index contributed by atoms with van der Waals surface area (Å²) in [4.78, 5) is 11.8. The van der Waals surface area contributed by atoms with Crippen LogP contribution in [0.5, 0.6) is 0 Å². The van der Waals surface area contributed by atoms with Gasteiger partial charge in [0.25, 0.3) is 0 Å². The summed E-state index contributed by atoms with van der Waals surface area (Å²) in [5.41, 5.74) is 2.51. The van der Waals surface area contributed by atoms with Crippen molar-refractivity contribution in [1.82, 2.24) is 5.32 Å². The summed E-state index contributed by atoms with van der Waals surface area (Å²) in [6, 6.07) is 12.2. The van der Waals surface area contributed by atoms with Crippen LogP contribution in [0.1, 0.15) is 17.5 Å². The van der Waals surface area contributed by atoms with E-state index in [2.05, 4.69) is 10.6 Å². The number of nitrogens with one attached hydrogen (secondary N) is 2. The van der Waals surface area contributed by atoms with Crippen molar-refractivity contribution in [2.24, 2.45) is 0 Å². The van der Waals surface area contributed by atoms with Crippen LogP contribution in [0.3, 0.4) is 0 Å². The predicted molar refractivity (Wildman–Crippen MR) is 92.4 cm³/mol. The van der Waals surface area contributed by atoms with E-state index in [9.17, 15) is 9.18 Å². The van der Waals surface area contributed by atoms with Gasteiger partial charge >= 0.3 is 0 Å². The van der Waals surface area contributed by atoms with Crippen LogP contribution in [0.4, 0.5) is 10.1 Å². The molecular weight excluding hydrogens is 315 g/mol. The van der Waals surface area contributed by atoms with E-state index in [1.165, 1.54) is 6.07 Å². The number of carbonyl (C=O) groups excluding carboxylic acids is 1. The van der Waals surface area contributed by atoms with Crippen molar-refractivity contribution in [2.45, 2.75) is 19.8 Å². The zero-order valence-corrected chi connectivity index (χ0v) is 13.8. The highest BCUT2D eigenvalue weighted by atomic mass is 35.5. The Labute approximate surface area is 140 Å². The van der Waals surface area contributed by atoms with Crippen LogP contribution in [0.2, 0.25) is 5.02 Å². The maximum atomic E-state index is 13.4. The first kappa shape index (κ1) is 17.3. The maximum Gasteiger partial charge on any atom is 0.221 e. The molecule has 0 aliphatic heterocycles. The Morgan fingerprint density at radius 3 is 2.70 bits per heavy atom. The first-order chi connectivity index (χ1) is 11.1. The fourth-order valence-electron chi connectivity index (χ4n) is 2.24. The van der Waals surface area contributed by atoms with Crippen LogP contribution < -0.4 is 10.6 Å². The van der Waals surface area contributed by atoms with Gasteiger partial charge in [-0.25, -0.2) is 4.39 Å². The van der Waals surface area contributed by atoms with E-state index in [1.807, 2.05) is 25.1 Å². The second kappa shape index (κ2) is 8.53. The molecule has 0 aliphatic rings. The molecule has 0 radical (unpaired) electrons. The number of hydrogen-bond acceptors (Lipinski definition) is 2. The van der Waals surface area contributed by atoms with Gasteiger partial charge in [0.15, 0.2) is 0 Å². The molecule has 0 aromatic heterocycles. The van der Waals surface area contributed by atoms with Crippen LogP contribution in [-0.2, 0) is 11.2 Å². The molecule has 0 saturated carbocycles. The molecule has 0 fully saturated rings. The number of halogens is 2. The molecule has 2 N–H and O–H groups in total. The maximum absolute atomic E-state index is 13.4. The van der Waals surface area contributed by atoms with Gasteiger partial charge in [-0.15, -0.1) is 0 Å². The Balaban J connectivity index is 1.69. The lowest BCUT2D eigenvalue weighted by atomic mass is 10.1. The number of benzene rings is 2. The third-order valence-corrected chi connectivity index (χ3v) is 4.02. The average Bonchev–Trinajstić information content (AvgIpc) is 2.53. The highest BCUT2D eigenvalue weighted by molar-refractivity contribution is 6.31. The minimum atomic E-state index is -0.236. The third-order valence-electron chi connectivity index (χ3n) is 3.61. The molecule has 5 heteroatoms. The second-order valence-corrected chi connectivity index (χ2v) is 5.69. The Hall–Kier alpha value is -2.07. The smallest absolute Gasteiger partial charge is 0.221 e. The van der Waals surface area contributed by atoms with Crippen LogP contribution >= 0.6 is 11.6 Å². The second-order valence-electron chi connectivity index (χ2n) is 5.28. The number of anilines is 1. The van der Waals surface area contributed by atoms with Gasteiger partial charge in [0.05, 0.1) is 0 Å². The standard InChI is InChI=1S/C18H20ClFN2O/c1-13-15(19)6-4-8-17(13)21-12-10-18(23)22-11-9-14-5-2-3-7-16(14)20/h2-8,21H,9-12H2,1H3,(H,22,23). The van der Waals surface area contributed by atoms with Crippen molar-refractivity contribution in [3.8, 4) is 0 Å². The molecule has 0 bridgehead atoms. The third kappa shape index (κ3) is 5.25. The zero-order chi connectivity index (χ0) is 16.7. The normalized spacial score (nSPS) is 10.4. The van der Waals surface area contributed by atoms with Gasteiger partial charge in [-0.3, -0.25) is 4.79 Å². The predicted octanol–water partition coefficient (Wildman–Crippen LogP) is 3.95. The van der Waals surface area contributed by atoms with E-state index in [0.717, 1.165) is 11.3 Å². The molecule has 23 heavy (non-hydrogen) atoms. The van der Waals surface area contributed by atoms with Crippen molar-refractivity contribution in [2.75, 3.05) is 18.4 Å². The van der Waals surface area contributed by atoms with E-state index >= 15 is 0 Å². The lowest BCUT2D eigenvalue weighted by Crippen LogP contribution is -2.27. The zero-order valence-electron chi connectivity index (χ0n) is 13.0. The molecule has 2 rings (SSSR count). The number of carbonyl (C=O) groups is 1. The summed E-state index contributed by atoms with van der Waals surface area (Å²) in [7, 11) is 0. The molecule has 122 valence electrons. The molecular formula is C18H20ClFN2O. The Bertz CT molecular complexity index is 676. The monoisotopic (exact) mass is 334 g/mol. The van der Waals surface area contributed by atoms with Gasteiger partial charge in [-0.1, -0.05) is 35.9 Å². The molecule has 0 saturated heterocycles. The summed E-state index contributed by atoms with van der Waals surface area (Å²) in [6.45, 7) is 2.88. The van der Waals surface area contributed by atoms with Crippen molar-refractivity contribution in [3.05, 3.63) is 64.4 Å². The molecule has 3 nitrogen and oxygen atoms in total. The molecule has 0 spiro atoms. The molecule has 1 amide bonds. The molecule has 0 unspecified atom stereocenters. The summed E-state index contributed by atoms with van der Waals surface area (Å²) in [5.74, 6) is -0.298. The Morgan fingerprint density at radius 2 is 1.91 bits per heavy atom. The summed E-state index contributed by atoms with van der Waals surface area (Å²) in [6.07, 6.45) is 0.836. The molecule has 2 aromatic carbocycles. The SMILES string of the molecule is Cc1c(Cl)cccc1NCCC(=O)NCCc1ccccc1F. The lowest BCUT2D eigenvalue weighted by molar-refractivity contribution is -0.120. The Kier molecular flexibility index (Phi) is 6.41. The highest BCUT2D eigenvalue weighted by Gasteiger charge is 2.05. The van der Waals surface area contributed by atoms with E-state index in [-0.39, 0.29) is 11.7 Å². The average molecular weight is 335 g/mol. The number of hydrogen-bond donors (Lipinski definition) is 2. The first-order valence-electron chi connectivity index (χ1n) is 7.57. The van der Waals surface area contributed by atoms with E-state index < -0.39 is 0 Å². The summed E-state index contributed by atoms with van der Waals surface area (Å²) >= 11 is 6.04. The summed E-state index contributed by atoms with van der Waals surface area (Å²) < 4.78 is 13.4. The fourth-order valence-corrected chi connectivity index (χ4v) is 2.41. The lowest BCUT2D eigenvalue weighted by Gasteiger charge is -2.11. The van der Waals surface area contributed by atoms with E-state index in [4.69, 9.17) is 11.6 Å². The van der Waals surface area contributed by atoms with Gasteiger partial charge in [0.2, 0.25) is 5.91 Å². The largest absolute Gasteiger partial charge is 0.384 e. The highest BCUT2D eigenvalue weighted by Crippen LogP contribution is 2.22. The van der Waals surface area contributed by atoms with Gasteiger partial charge < -0.3 is 10.6 Å². The topological polar surface area (TPSA) is 41.1 Å². The van der Waals surface area contributed by atoms with Gasteiger partial charge in [0, 0.05) is 30.2 Å². The van der Waals surface area contributed by atoms with Crippen LogP contribution in [0.25, 0.3) is 0 Å². The van der Waals surface area contributed by atoms with Crippen molar-refractivity contribution >= 4 is 23.2 Å². The van der Waals surface area contributed by atoms with Crippen LogP contribution in [0.15, 0.2) is 42.5 Å². The Morgan fingerprint density at radius 1 is 1.13 bits per heavy atom. The van der Waals surface area contributed by atoms with Crippen LogP contribution in [-0.4, -0.2) is 19.0 Å². The minimum absolute atomic E-state index is 0.0616. The van der Waals surface area contributed by atoms with Crippen molar-refractivity contribution < 1.29 is 9.18 Å². The van der Waals surface area contributed by atoms with E-state index in [1.54, 1.807) is 18.2 Å². The number of amides is 1. The molecule has 2 aromatic rings. The fraction of sp³-hybridized carbons (Fsp3) is 0.278. The summed E-state index contributed by atoms with van der Waals surface area (Å²) in [5, 5.41) is 6.69. The first-order valence-corrected chi connectivity index (χ1v) is 7.95. The minimum Gasteiger partial charge on any atom is -0.384 e. The van der Waals surface area contributed by atoms with Crippen molar-refractivity contribution in [3.63, 3.8) is 0 Å². The van der Waals surface area contributed by atoms with Crippen LogP contribution in [0, 0.1) is 12.7 Å². The van der Waals surface area contributed by atoms with Gasteiger partial charge in [0.1, 0.15) is 5.82 Å². The molecule has 0 heterocycles. The van der Waals surface area contributed by atoms with E-state index in [0.29, 0.717) is 36.5 Å². The molecule has 0 atom stereocenters. The quantitative estimate of drug-likeness (QED) is 0.805. The van der Waals surface area contributed by atoms with Crippen molar-refractivity contribution in [1.29, 1.82) is 0 Å². The van der Waals surface area contributed by atoms with Gasteiger partial charge in [-0.2, -0.15) is 0 Å².